The molecular formula is C30H31ClF3N7O2. The zero-order chi connectivity index (χ0) is 30.7. The number of carbonyl (C=O) groups excluding carboxylic acids is 1. The van der Waals surface area contributed by atoms with Gasteiger partial charge in [0, 0.05) is 28.6 Å². The van der Waals surface area contributed by atoms with Gasteiger partial charge in [-0.25, -0.2) is 9.67 Å². The van der Waals surface area contributed by atoms with E-state index in [1.807, 2.05) is 31.2 Å². The number of rotatable bonds is 5. The highest BCUT2D eigenvalue weighted by Crippen LogP contribution is 2.32. The van der Waals surface area contributed by atoms with Crippen molar-refractivity contribution in [2.75, 3.05) is 6.54 Å². The number of hydrogen-bond donors (Lipinski definition) is 2. The Morgan fingerprint density at radius 3 is 2.65 bits per heavy atom. The fourth-order valence-electron chi connectivity index (χ4n) is 5.41. The van der Waals surface area contributed by atoms with E-state index < -0.39 is 11.9 Å². The first kappa shape index (κ1) is 30.4. The molecule has 0 saturated heterocycles. The second-order valence-electron chi connectivity index (χ2n) is 10.8. The van der Waals surface area contributed by atoms with Gasteiger partial charge in [-0.15, -0.1) is 5.10 Å². The van der Waals surface area contributed by atoms with E-state index in [1.165, 1.54) is 30.6 Å². The van der Waals surface area contributed by atoms with Gasteiger partial charge in [0.05, 0.1) is 29.9 Å². The number of fused-ring (bicyclic) bond motifs is 2. The molecule has 226 valence electrons. The van der Waals surface area contributed by atoms with E-state index in [4.69, 9.17) is 17.3 Å². The van der Waals surface area contributed by atoms with Crippen molar-refractivity contribution in [3.63, 3.8) is 0 Å². The van der Waals surface area contributed by atoms with Gasteiger partial charge < -0.3 is 11.1 Å². The zero-order valence-electron chi connectivity index (χ0n) is 23.4. The third kappa shape index (κ3) is 6.97. The number of benzene rings is 2. The molecule has 1 aliphatic heterocycles. The van der Waals surface area contributed by atoms with E-state index in [2.05, 4.69) is 20.6 Å². The number of carbonyl (C=O) groups is 1. The number of nitrogens with zero attached hydrogens (tertiary/aromatic N) is 5. The number of amides is 1. The van der Waals surface area contributed by atoms with Crippen molar-refractivity contribution in [1.82, 2.24) is 29.9 Å². The van der Waals surface area contributed by atoms with E-state index in [0.717, 1.165) is 22.0 Å². The summed E-state index contributed by atoms with van der Waals surface area (Å²) < 4.78 is 42.1. The molecule has 3 N–H and O–H groups in total. The number of nitrogens with one attached hydrogen (secondary N) is 1. The molecule has 0 spiro atoms. The summed E-state index contributed by atoms with van der Waals surface area (Å²) in [6, 6.07) is 13.4. The Morgan fingerprint density at radius 2 is 1.93 bits per heavy atom. The average Bonchev–Trinajstić information content (AvgIpc) is 3.46. The zero-order valence-corrected chi connectivity index (χ0v) is 24.1. The minimum atomic E-state index is -4.67. The lowest BCUT2D eigenvalue weighted by molar-refractivity contribution is -0.141. The minimum absolute atomic E-state index is 0.0121. The van der Waals surface area contributed by atoms with Gasteiger partial charge in [-0.2, -0.15) is 13.2 Å². The molecule has 1 amide bonds. The molecule has 2 aromatic heterocycles. The molecule has 2 bridgehead atoms. The number of halogens is 4. The van der Waals surface area contributed by atoms with Gasteiger partial charge in [-0.05, 0) is 61.6 Å². The Morgan fingerprint density at radius 1 is 1.12 bits per heavy atom. The van der Waals surface area contributed by atoms with Crippen LogP contribution in [0.5, 0.6) is 0 Å². The Hall–Kier alpha value is -4.03. The predicted octanol–water partition coefficient (Wildman–Crippen LogP) is 4.95. The van der Waals surface area contributed by atoms with Gasteiger partial charge in [0.25, 0.3) is 5.56 Å². The van der Waals surface area contributed by atoms with Gasteiger partial charge in [-0.3, -0.25) is 14.2 Å². The molecular weight excluding hydrogens is 583 g/mol. The molecule has 0 unspecified atom stereocenters. The fourth-order valence-corrected chi connectivity index (χ4v) is 5.58. The van der Waals surface area contributed by atoms with Crippen LogP contribution in [0, 0.1) is 5.92 Å². The van der Waals surface area contributed by atoms with Crippen molar-refractivity contribution in [2.45, 2.75) is 57.3 Å². The topological polar surface area (TPSA) is 121 Å². The maximum absolute atomic E-state index is 13.6. The lowest BCUT2D eigenvalue weighted by Crippen LogP contribution is -2.41. The molecule has 3 heterocycles. The number of nitrogens with two attached hydrogens (primary N) is 1. The molecule has 1 aliphatic rings. The SMILES string of the molecule is C[C@@H]1CCC[C@H](n2cnc(-c3cc(Cl)ccc3-n3cc(C(F)(F)F)nn3)cc2=O)c2cccc(c2)C[C@H](CCN)NC1=O. The van der Waals surface area contributed by atoms with Crippen LogP contribution >= 0.6 is 11.6 Å². The van der Waals surface area contributed by atoms with E-state index in [1.54, 1.807) is 4.57 Å². The highest BCUT2D eigenvalue weighted by atomic mass is 35.5. The molecule has 0 saturated carbocycles. The van der Waals surface area contributed by atoms with E-state index in [0.29, 0.717) is 49.2 Å². The van der Waals surface area contributed by atoms with Gasteiger partial charge >= 0.3 is 6.18 Å². The fraction of sp³-hybridized carbons (Fsp3) is 0.367. The molecule has 13 heteroatoms. The maximum Gasteiger partial charge on any atom is 0.436 e. The summed E-state index contributed by atoms with van der Waals surface area (Å²) in [6.45, 7) is 2.34. The Balaban J connectivity index is 1.52. The van der Waals surface area contributed by atoms with Crippen LogP contribution in [0.2, 0.25) is 5.02 Å². The predicted molar refractivity (Wildman–Crippen MR) is 156 cm³/mol. The van der Waals surface area contributed by atoms with Crippen LogP contribution in [0.4, 0.5) is 13.2 Å². The first-order valence-electron chi connectivity index (χ1n) is 14.0. The number of hydrogen-bond acceptors (Lipinski definition) is 6. The quantitative estimate of drug-likeness (QED) is 0.329. The summed E-state index contributed by atoms with van der Waals surface area (Å²) in [5.74, 6) is -0.214. The molecule has 5 rings (SSSR count). The van der Waals surface area contributed by atoms with Crippen LogP contribution in [0.15, 0.2) is 65.8 Å². The first-order chi connectivity index (χ1) is 20.5. The average molecular weight is 614 g/mol. The van der Waals surface area contributed by atoms with Crippen molar-refractivity contribution >= 4 is 17.5 Å². The largest absolute Gasteiger partial charge is 0.436 e. The monoisotopic (exact) mass is 613 g/mol. The Bertz CT molecular complexity index is 1670. The van der Waals surface area contributed by atoms with Crippen molar-refractivity contribution in [3.8, 4) is 16.9 Å². The summed E-state index contributed by atoms with van der Waals surface area (Å²) >= 11 is 6.23. The van der Waals surface area contributed by atoms with E-state index in [-0.39, 0.29) is 40.8 Å². The second-order valence-corrected chi connectivity index (χ2v) is 11.2. The standard InChI is InChI=1S/C30H31ClF3N7O2/c1-18-4-2-7-25(20-6-3-5-19(12-20)13-22(10-11-35)37-29(18)43)40-17-36-24(15-28(40)42)23-14-21(31)8-9-26(23)41-16-27(38-39-41)30(32,33)34/h3,5-6,8-9,12,14-18,22,25H,2,4,7,10-11,13,35H2,1H3,(H,37,43)/t18-,22+,25+/m1/s1. The van der Waals surface area contributed by atoms with Crippen molar-refractivity contribution in [2.24, 2.45) is 11.7 Å². The number of alkyl halides is 3. The van der Waals surface area contributed by atoms with Crippen molar-refractivity contribution in [1.29, 1.82) is 0 Å². The normalized spacial score (nSPS) is 19.8. The molecule has 0 radical (unpaired) electrons. The molecule has 0 aliphatic carbocycles. The van der Waals surface area contributed by atoms with Gasteiger partial charge in [0.1, 0.15) is 0 Å². The Labute approximate surface area is 250 Å². The third-order valence-electron chi connectivity index (χ3n) is 7.68. The smallest absolute Gasteiger partial charge is 0.353 e. The summed E-state index contributed by atoms with van der Waals surface area (Å²) in [6.07, 6.45) is 0.726. The number of aromatic nitrogens is 5. The van der Waals surface area contributed by atoms with Crippen LogP contribution in [-0.2, 0) is 17.4 Å². The molecule has 4 aromatic rings. The van der Waals surface area contributed by atoms with Gasteiger partial charge in [0.15, 0.2) is 5.69 Å². The van der Waals surface area contributed by atoms with Crippen LogP contribution in [0.3, 0.4) is 0 Å². The van der Waals surface area contributed by atoms with Gasteiger partial charge in [-0.1, -0.05) is 54.4 Å². The van der Waals surface area contributed by atoms with Gasteiger partial charge in [0.2, 0.25) is 5.91 Å². The summed E-state index contributed by atoms with van der Waals surface area (Å²) in [5.41, 5.74) is 7.04. The maximum atomic E-state index is 13.6. The second kappa shape index (κ2) is 12.7. The minimum Gasteiger partial charge on any atom is -0.353 e. The van der Waals surface area contributed by atoms with E-state index >= 15 is 0 Å². The highest BCUT2D eigenvalue weighted by molar-refractivity contribution is 6.31. The lowest BCUT2D eigenvalue weighted by atomic mass is 9.92. The van der Waals surface area contributed by atoms with Crippen LogP contribution in [-0.4, -0.2) is 43.0 Å². The summed E-state index contributed by atoms with van der Waals surface area (Å²) in [5, 5.41) is 10.3. The van der Waals surface area contributed by atoms with E-state index in [9.17, 15) is 22.8 Å². The summed E-state index contributed by atoms with van der Waals surface area (Å²) in [7, 11) is 0. The third-order valence-corrected chi connectivity index (χ3v) is 7.91. The Kier molecular flexibility index (Phi) is 8.97. The van der Waals surface area contributed by atoms with Crippen molar-refractivity contribution < 1.29 is 18.0 Å². The first-order valence-corrected chi connectivity index (χ1v) is 14.4. The van der Waals surface area contributed by atoms with Crippen LogP contribution < -0.4 is 16.6 Å². The highest BCUT2D eigenvalue weighted by Gasteiger charge is 2.35. The molecule has 2 aromatic carbocycles. The molecule has 0 fully saturated rings. The molecule has 3 atom stereocenters. The molecule has 43 heavy (non-hydrogen) atoms. The van der Waals surface area contributed by atoms with Crippen molar-refractivity contribution in [3.05, 3.63) is 93.3 Å². The molecule has 9 nitrogen and oxygen atoms in total. The van der Waals surface area contributed by atoms with Crippen LogP contribution in [0.25, 0.3) is 16.9 Å². The lowest BCUT2D eigenvalue weighted by Gasteiger charge is -2.25. The summed E-state index contributed by atoms with van der Waals surface area (Å²) in [4.78, 5) is 31.0. The van der Waals surface area contributed by atoms with Crippen LogP contribution in [0.1, 0.15) is 55.5 Å².